The minimum absolute atomic E-state index is 0.145. The first-order valence-electron chi connectivity index (χ1n) is 6.66. The minimum Gasteiger partial charge on any atom is -0.378 e. The van der Waals surface area contributed by atoms with Crippen LogP contribution in [0.5, 0.6) is 0 Å². The van der Waals surface area contributed by atoms with Crippen LogP contribution in [-0.2, 0) is 17.8 Å². The number of aromatic nitrogens is 2. The second kappa shape index (κ2) is 6.80. The Hall–Kier alpha value is -0.760. The van der Waals surface area contributed by atoms with Gasteiger partial charge < -0.3 is 19.5 Å². The number of nitrogens with zero attached hydrogens (tertiary/aromatic N) is 3. The van der Waals surface area contributed by atoms with Gasteiger partial charge in [-0.15, -0.1) is 0 Å². The summed E-state index contributed by atoms with van der Waals surface area (Å²) in [4.78, 5) is 23.9. The van der Waals surface area contributed by atoms with E-state index < -0.39 is 0 Å². The van der Waals surface area contributed by atoms with Gasteiger partial charge in [0, 0.05) is 39.2 Å². The Balaban J connectivity index is 2.18. The third-order valence-corrected chi connectivity index (χ3v) is 4.49. The van der Waals surface area contributed by atoms with Crippen LogP contribution in [0, 0.1) is 0 Å². The first-order chi connectivity index (χ1) is 9.51. The predicted molar refractivity (Wildman–Crippen MR) is 80.9 cm³/mol. The van der Waals surface area contributed by atoms with Crippen molar-refractivity contribution in [3.05, 3.63) is 26.3 Å². The molecule has 6 nitrogen and oxygen atoms in total. The van der Waals surface area contributed by atoms with Crippen LogP contribution in [0.3, 0.4) is 0 Å². The van der Waals surface area contributed by atoms with Gasteiger partial charge in [-0.3, -0.25) is 4.79 Å². The molecule has 0 spiro atoms. The number of hydrogen-bond acceptors (Lipinski definition) is 5. The summed E-state index contributed by atoms with van der Waals surface area (Å²) in [6, 6.07) is 0.369. The molecule has 0 amide bonds. The number of ether oxygens (including phenoxy) is 1. The number of likely N-dealkylation sites (N-methyl/N-ethyl adjacent to an activating group) is 2. The Labute approximate surface area is 127 Å². The highest BCUT2D eigenvalue weighted by Crippen LogP contribution is 2.13. The first-order valence-corrected chi connectivity index (χ1v) is 7.46. The fraction of sp³-hybridized carbons (Fsp3) is 0.692. The number of rotatable bonds is 4. The van der Waals surface area contributed by atoms with Crippen molar-refractivity contribution >= 4 is 15.9 Å². The van der Waals surface area contributed by atoms with E-state index in [1.807, 2.05) is 0 Å². The molecule has 0 saturated carbocycles. The number of hydrogen-bond donors (Lipinski definition) is 1. The quantitative estimate of drug-likeness (QED) is 0.860. The molecule has 2 heterocycles. The summed E-state index contributed by atoms with van der Waals surface area (Å²) in [5, 5.41) is 0. The van der Waals surface area contributed by atoms with Gasteiger partial charge in [0.15, 0.2) is 0 Å². The van der Waals surface area contributed by atoms with Gasteiger partial charge in [0.1, 0.15) is 10.3 Å². The topological polar surface area (TPSA) is 61.5 Å². The number of nitrogens with one attached hydrogen (secondary N) is 1. The Bertz CT molecular complexity index is 520. The molecule has 0 radical (unpaired) electrons. The van der Waals surface area contributed by atoms with E-state index >= 15 is 0 Å². The molecule has 0 aromatic carbocycles. The van der Waals surface area contributed by atoms with Gasteiger partial charge in [-0.1, -0.05) is 0 Å². The lowest BCUT2D eigenvalue weighted by atomic mass is 10.1. The maximum absolute atomic E-state index is 11.9. The van der Waals surface area contributed by atoms with Crippen LogP contribution in [0.15, 0.2) is 9.27 Å². The van der Waals surface area contributed by atoms with Crippen LogP contribution in [0.4, 0.5) is 0 Å². The highest BCUT2D eigenvalue weighted by molar-refractivity contribution is 9.10. The van der Waals surface area contributed by atoms with Gasteiger partial charge in [-0.2, -0.15) is 0 Å². The van der Waals surface area contributed by atoms with Crippen molar-refractivity contribution in [1.29, 1.82) is 0 Å². The number of methoxy groups -OCH3 is 1. The second-order valence-corrected chi connectivity index (χ2v) is 6.10. The van der Waals surface area contributed by atoms with E-state index in [2.05, 4.69) is 49.8 Å². The van der Waals surface area contributed by atoms with Gasteiger partial charge in [-0.05, 0) is 30.0 Å². The van der Waals surface area contributed by atoms with E-state index in [0.717, 1.165) is 31.9 Å². The van der Waals surface area contributed by atoms with E-state index in [9.17, 15) is 4.79 Å². The van der Waals surface area contributed by atoms with Crippen LogP contribution in [-0.4, -0.2) is 66.6 Å². The zero-order valence-corrected chi connectivity index (χ0v) is 13.7. The number of halogens is 1. The standard InChI is InChI=1S/C13H21BrN4O2/c1-17-4-5-18(2)9(7-17)6-11-15-10(8-20-3)12(14)13(19)16-11/h9H,4-8H2,1-3H3,(H,15,16,19). The molecule has 112 valence electrons. The fourth-order valence-electron chi connectivity index (χ4n) is 2.43. The van der Waals surface area contributed by atoms with Crippen molar-refractivity contribution < 1.29 is 4.74 Å². The number of H-pyrrole nitrogens is 1. The van der Waals surface area contributed by atoms with Crippen LogP contribution < -0.4 is 5.56 Å². The van der Waals surface area contributed by atoms with Crippen molar-refractivity contribution in [2.75, 3.05) is 40.8 Å². The SMILES string of the molecule is COCc1nc(CC2CN(C)CCN2C)[nH]c(=O)c1Br. The van der Waals surface area contributed by atoms with Crippen molar-refractivity contribution in [2.24, 2.45) is 0 Å². The largest absolute Gasteiger partial charge is 0.378 e. The average Bonchev–Trinajstić information content (AvgIpc) is 2.40. The molecule has 2 rings (SSSR count). The van der Waals surface area contributed by atoms with Crippen LogP contribution in [0.25, 0.3) is 0 Å². The summed E-state index contributed by atoms with van der Waals surface area (Å²) < 4.78 is 5.54. The van der Waals surface area contributed by atoms with Gasteiger partial charge >= 0.3 is 0 Å². The Morgan fingerprint density at radius 2 is 2.20 bits per heavy atom. The Morgan fingerprint density at radius 3 is 2.90 bits per heavy atom. The summed E-state index contributed by atoms with van der Waals surface area (Å²) in [6.07, 6.45) is 0.736. The smallest absolute Gasteiger partial charge is 0.265 e. The Kier molecular flexibility index (Phi) is 5.31. The molecule has 1 aliphatic heterocycles. The van der Waals surface area contributed by atoms with E-state index in [1.165, 1.54) is 0 Å². The van der Waals surface area contributed by atoms with Gasteiger partial charge in [0.2, 0.25) is 0 Å². The van der Waals surface area contributed by atoms with Gasteiger partial charge in [0.05, 0.1) is 12.3 Å². The molecule has 1 N–H and O–H groups in total. The van der Waals surface area contributed by atoms with Crippen LogP contribution in [0.1, 0.15) is 11.5 Å². The molecular formula is C13H21BrN4O2. The maximum atomic E-state index is 11.9. The fourth-order valence-corrected chi connectivity index (χ4v) is 2.73. The minimum atomic E-state index is -0.145. The zero-order valence-electron chi connectivity index (χ0n) is 12.1. The molecule has 1 aromatic heterocycles. The molecular weight excluding hydrogens is 324 g/mol. The first kappa shape index (κ1) is 15.6. The zero-order chi connectivity index (χ0) is 14.7. The normalized spacial score (nSPS) is 21.3. The van der Waals surface area contributed by atoms with Gasteiger partial charge in [0.25, 0.3) is 5.56 Å². The van der Waals surface area contributed by atoms with E-state index in [1.54, 1.807) is 7.11 Å². The average molecular weight is 345 g/mol. The highest BCUT2D eigenvalue weighted by Gasteiger charge is 2.23. The van der Waals surface area contributed by atoms with Gasteiger partial charge in [-0.25, -0.2) is 4.98 Å². The summed E-state index contributed by atoms with van der Waals surface area (Å²) in [6.45, 7) is 3.42. The van der Waals surface area contributed by atoms with Crippen molar-refractivity contribution in [2.45, 2.75) is 19.1 Å². The molecule has 1 saturated heterocycles. The third kappa shape index (κ3) is 3.66. The lowest BCUT2D eigenvalue weighted by Gasteiger charge is -2.37. The summed E-state index contributed by atoms with van der Waals surface area (Å²) in [5.74, 6) is 0.720. The predicted octanol–water partition coefficient (Wildman–Crippen LogP) is 0.467. The monoisotopic (exact) mass is 344 g/mol. The summed E-state index contributed by atoms with van der Waals surface area (Å²) in [5.41, 5.74) is 0.506. The molecule has 1 unspecified atom stereocenters. The molecule has 20 heavy (non-hydrogen) atoms. The van der Waals surface area contributed by atoms with Crippen molar-refractivity contribution in [1.82, 2.24) is 19.8 Å². The van der Waals surface area contributed by atoms with E-state index in [-0.39, 0.29) is 5.56 Å². The number of piperazine rings is 1. The molecule has 1 atom stereocenters. The third-order valence-electron chi connectivity index (χ3n) is 3.67. The molecule has 1 aromatic rings. The maximum Gasteiger partial charge on any atom is 0.265 e. The Morgan fingerprint density at radius 1 is 1.45 bits per heavy atom. The summed E-state index contributed by atoms with van der Waals surface area (Å²) in [7, 11) is 5.83. The molecule has 1 aliphatic rings. The van der Waals surface area contributed by atoms with E-state index in [0.29, 0.717) is 22.8 Å². The van der Waals surface area contributed by atoms with Crippen molar-refractivity contribution in [3.8, 4) is 0 Å². The number of aromatic amines is 1. The highest BCUT2D eigenvalue weighted by atomic mass is 79.9. The molecule has 7 heteroatoms. The van der Waals surface area contributed by atoms with Crippen LogP contribution in [0.2, 0.25) is 0 Å². The van der Waals surface area contributed by atoms with E-state index in [4.69, 9.17) is 4.74 Å². The lowest BCUT2D eigenvalue weighted by molar-refractivity contribution is 0.113. The molecule has 0 bridgehead atoms. The second-order valence-electron chi connectivity index (χ2n) is 5.31. The molecule has 1 fully saturated rings. The van der Waals surface area contributed by atoms with Crippen molar-refractivity contribution in [3.63, 3.8) is 0 Å². The van der Waals surface area contributed by atoms with Crippen LogP contribution >= 0.6 is 15.9 Å². The lowest BCUT2D eigenvalue weighted by Crippen LogP contribution is -2.51. The summed E-state index contributed by atoms with van der Waals surface area (Å²) >= 11 is 3.26. The molecule has 0 aliphatic carbocycles.